The Morgan fingerprint density at radius 3 is 2.52 bits per heavy atom. The Hall–Kier alpha value is -1.55. The minimum absolute atomic E-state index is 0.00351. The van der Waals surface area contributed by atoms with E-state index < -0.39 is 0 Å². The minimum Gasteiger partial charge on any atom is -0.492 e. The van der Waals surface area contributed by atoms with Crippen molar-refractivity contribution < 1.29 is 14.3 Å². The molecule has 0 radical (unpaired) electrons. The van der Waals surface area contributed by atoms with Crippen molar-refractivity contribution in [2.45, 2.75) is 20.8 Å². The summed E-state index contributed by atoms with van der Waals surface area (Å²) in [7, 11) is 1.46. The van der Waals surface area contributed by atoms with E-state index >= 15 is 0 Å². The van der Waals surface area contributed by atoms with Crippen molar-refractivity contribution in [3.63, 3.8) is 0 Å². The van der Waals surface area contributed by atoms with Gasteiger partial charge in [0.1, 0.15) is 12.4 Å². The van der Waals surface area contributed by atoms with Gasteiger partial charge in [0.15, 0.2) is 0 Å². The Morgan fingerprint density at radius 2 is 1.90 bits per heavy atom. The third-order valence-electron chi connectivity index (χ3n) is 4.06. The van der Waals surface area contributed by atoms with Gasteiger partial charge in [-0.25, -0.2) is 0 Å². The lowest BCUT2D eigenvalue weighted by molar-refractivity contribution is -0.146. The fraction of sp³-hybridized carbons (Fsp3) is 0.588. The van der Waals surface area contributed by atoms with Crippen molar-refractivity contribution in [3.8, 4) is 5.75 Å². The number of carbonyl (C=O) groups is 1. The van der Waals surface area contributed by atoms with Crippen LogP contribution in [-0.2, 0) is 9.53 Å². The summed E-state index contributed by atoms with van der Waals surface area (Å²) in [6.45, 7) is 9.42. The van der Waals surface area contributed by atoms with Gasteiger partial charge in [-0.3, -0.25) is 9.69 Å². The molecule has 1 aromatic rings. The van der Waals surface area contributed by atoms with Crippen LogP contribution >= 0.6 is 0 Å². The average molecular weight is 291 g/mol. The Morgan fingerprint density at radius 1 is 1.24 bits per heavy atom. The summed E-state index contributed by atoms with van der Waals surface area (Å²) in [6.07, 6.45) is 0. The first-order valence-corrected chi connectivity index (χ1v) is 7.51. The fourth-order valence-electron chi connectivity index (χ4n) is 3.02. The molecule has 0 aromatic heterocycles. The summed E-state index contributed by atoms with van der Waals surface area (Å²) in [5.41, 5.74) is 2.43. The van der Waals surface area contributed by atoms with Crippen LogP contribution < -0.4 is 4.74 Å². The first-order chi connectivity index (χ1) is 9.99. The van der Waals surface area contributed by atoms with Crippen molar-refractivity contribution in [1.82, 2.24) is 4.90 Å². The molecule has 1 fully saturated rings. The van der Waals surface area contributed by atoms with Crippen molar-refractivity contribution in [1.29, 1.82) is 0 Å². The molecule has 4 heteroatoms. The molecule has 1 aliphatic heterocycles. The average Bonchev–Trinajstić information content (AvgIpc) is 2.78. The van der Waals surface area contributed by atoms with Crippen molar-refractivity contribution in [2.24, 2.45) is 11.8 Å². The quantitative estimate of drug-likeness (QED) is 0.781. The monoisotopic (exact) mass is 291 g/mol. The third-order valence-corrected chi connectivity index (χ3v) is 4.06. The standard InChI is InChI=1S/C17H25NO3/c1-12-7-13(2)9-15(8-12)21-6-5-18-10-14(3)16(11-18)17(19)20-4/h7-9,14,16H,5-6,10-11H2,1-4H3. The number of aryl methyl sites for hydroxylation is 2. The topological polar surface area (TPSA) is 38.8 Å². The molecular formula is C17H25NO3. The summed E-state index contributed by atoms with van der Waals surface area (Å²) >= 11 is 0. The van der Waals surface area contributed by atoms with Crippen LogP contribution in [0.3, 0.4) is 0 Å². The summed E-state index contributed by atoms with van der Waals surface area (Å²) in [5.74, 6) is 1.17. The molecule has 2 rings (SSSR count). The van der Waals surface area contributed by atoms with Crippen LogP contribution in [0.1, 0.15) is 18.1 Å². The molecular weight excluding hydrogens is 266 g/mol. The van der Waals surface area contributed by atoms with E-state index in [-0.39, 0.29) is 11.9 Å². The Balaban J connectivity index is 1.80. The third kappa shape index (κ3) is 4.21. The number of likely N-dealkylation sites (tertiary alicyclic amines) is 1. The molecule has 0 bridgehead atoms. The number of carbonyl (C=O) groups excluding carboxylic acids is 1. The van der Waals surface area contributed by atoms with Crippen LogP contribution in [0.15, 0.2) is 18.2 Å². The number of esters is 1. The maximum Gasteiger partial charge on any atom is 0.310 e. The number of rotatable bonds is 5. The number of ether oxygens (including phenoxy) is 2. The number of nitrogens with zero attached hydrogens (tertiary/aromatic N) is 1. The number of hydrogen-bond acceptors (Lipinski definition) is 4. The molecule has 1 saturated heterocycles. The molecule has 1 aliphatic rings. The van der Waals surface area contributed by atoms with Crippen molar-refractivity contribution >= 4 is 5.97 Å². The van der Waals surface area contributed by atoms with Gasteiger partial charge in [-0.1, -0.05) is 13.0 Å². The van der Waals surface area contributed by atoms with Crippen LogP contribution in [0.5, 0.6) is 5.75 Å². The summed E-state index contributed by atoms with van der Waals surface area (Å²) < 4.78 is 10.7. The first-order valence-electron chi connectivity index (χ1n) is 7.51. The highest BCUT2D eigenvalue weighted by Crippen LogP contribution is 2.24. The van der Waals surface area contributed by atoms with Crippen LogP contribution in [0, 0.1) is 25.7 Å². The molecule has 116 valence electrons. The minimum atomic E-state index is -0.0970. The lowest BCUT2D eigenvalue weighted by Gasteiger charge is -2.16. The second-order valence-corrected chi connectivity index (χ2v) is 6.04. The van der Waals surface area contributed by atoms with Crippen molar-refractivity contribution in [2.75, 3.05) is 33.4 Å². The zero-order valence-electron chi connectivity index (χ0n) is 13.4. The maximum absolute atomic E-state index is 11.7. The van der Waals surface area contributed by atoms with E-state index in [0.717, 1.165) is 25.4 Å². The van der Waals surface area contributed by atoms with Gasteiger partial charge >= 0.3 is 5.97 Å². The fourth-order valence-corrected chi connectivity index (χ4v) is 3.02. The highest BCUT2D eigenvalue weighted by molar-refractivity contribution is 5.73. The van der Waals surface area contributed by atoms with E-state index in [4.69, 9.17) is 9.47 Å². The molecule has 0 aliphatic carbocycles. The molecule has 4 nitrogen and oxygen atoms in total. The zero-order chi connectivity index (χ0) is 15.4. The van der Waals surface area contributed by atoms with Gasteiger partial charge in [0.2, 0.25) is 0 Å². The summed E-state index contributed by atoms with van der Waals surface area (Å²) in [6, 6.07) is 6.24. The van der Waals surface area contributed by atoms with Crippen LogP contribution in [0.4, 0.5) is 0 Å². The molecule has 2 atom stereocenters. The molecule has 0 saturated carbocycles. The van der Waals surface area contributed by atoms with Crippen LogP contribution in [-0.4, -0.2) is 44.2 Å². The van der Waals surface area contributed by atoms with Crippen LogP contribution in [0.25, 0.3) is 0 Å². The Bertz CT molecular complexity index is 481. The number of benzene rings is 1. The molecule has 1 heterocycles. The molecule has 0 amide bonds. The van der Waals surface area contributed by atoms with Gasteiger partial charge in [-0.15, -0.1) is 0 Å². The van der Waals surface area contributed by atoms with Gasteiger partial charge in [0.25, 0.3) is 0 Å². The smallest absolute Gasteiger partial charge is 0.310 e. The second-order valence-electron chi connectivity index (χ2n) is 6.04. The lowest BCUT2D eigenvalue weighted by atomic mass is 9.99. The Kier molecular flexibility index (Phi) is 5.23. The van der Waals surface area contributed by atoms with E-state index in [2.05, 4.69) is 43.9 Å². The van der Waals surface area contributed by atoms with E-state index in [9.17, 15) is 4.79 Å². The van der Waals surface area contributed by atoms with E-state index in [1.807, 2.05) is 0 Å². The highest BCUT2D eigenvalue weighted by Gasteiger charge is 2.35. The van der Waals surface area contributed by atoms with E-state index in [1.54, 1.807) is 0 Å². The Labute approximate surface area is 127 Å². The van der Waals surface area contributed by atoms with Crippen molar-refractivity contribution in [3.05, 3.63) is 29.3 Å². The SMILES string of the molecule is COC(=O)C1CN(CCOc2cc(C)cc(C)c2)CC1C. The maximum atomic E-state index is 11.7. The molecule has 2 unspecified atom stereocenters. The van der Waals surface area contributed by atoms with Gasteiger partial charge in [0.05, 0.1) is 13.0 Å². The molecule has 0 spiro atoms. The molecule has 1 aromatic carbocycles. The second kappa shape index (κ2) is 6.94. The predicted octanol–water partition coefficient (Wildman–Crippen LogP) is 2.42. The number of hydrogen-bond donors (Lipinski definition) is 0. The van der Waals surface area contributed by atoms with Gasteiger partial charge in [-0.05, 0) is 43.0 Å². The van der Waals surface area contributed by atoms with Crippen LogP contribution in [0.2, 0.25) is 0 Å². The van der Waals surface area contributed by atoms with E-state index in [0.29, 0.717) is 12.5 Å². The summed E-state index contributed by atoms with van der Waals surface area (Å²) in [4.78, 5) is 13.9. The van der Waals surface area contributed by atoms with E-state index in [1.165, 1.54) is 18.2 Å². The highest BCUT2D eigenvalue weighted by atomic mass is 16.5. The first kappa shape index (κ1) is 15.8. The van der Waals surface area contributed by atoms with Gasteiger partial charge in [0, 0.05) is 19.6 Å². The molecule has 0 N–H and O–H groups in total. The lowest BCUT2D eigenvalue weighted by Crippen LogP contribution is -2.28. The summed E-state index contributed by atoms with van der Waals surface area (Å²) in [5, 5.41) is 0. The largest absolute Gasteiger partial charge is 0.492 e. The van der Waals surface area contributed by atoms with Gasteiger partial charge < -0.3 is 9.47 Å². The zero-order valence-corrected chi connectivity index (χ0v) is 13.4. The van der Waals surface area contributed by atoms with Gasteiger partial charge in [-0.2, -0.15) is 0 Å². The number of methoxy groups -OCH3 is 1. The molecule has 21 heavy (non-hydrogen) atoms. The predicted molar refractivity (Wildman–Crippen MR) is 82.5 cm³/mol. The normalized spacial score (nSPS) is 22.3.